The molecule has 3 rings (SSSR count). The van der Waals surface area contributed by atoms with Crippen LogP contribution in [0.4, 0.5) is 15.9 Å². The fraction of sp³-hybridized carbons (Fsp3) is 0. The molecule has 4 N–H and O–H groups in total. The number of anilines is 2. The second-order valence-electron chi connectivity index (χ2n) is 4.19. The highest BCUT2D eigenvalue weighted by atomic mass is 32.2. The summed E-state index contributed by atoms with van der Waals surface area (Å²) in [5, 5.41) is 2.44. The molecular weight excluding hydrogens is 299 g/mol. The van der Waals surface area contributed by atoms with Gasteiger partial charge in [0.15, 0.2) is 5.16 Å². The number of Topliss-reactive ketones (excluding diaryl/α,β-unsaturated/α-hetero) is 1. The summed E-state index contributed by atoms with van der Waals surface area (Å²) in [6.45, 7) is 0. The van der Waals surface area contributed by atoms with Gasteiger partial charge in [0.1, 0.15) is 11.6 Å². The van der Waals surface area contributed by atoms with E-state index in [1.54, 1.807) is 0 Å². The van der Waals surface area contributed by atoms with E-state index in [1.807, 2.05) is 0 Å². The first-order valence-corrected chi connectivity index (χ1v) is 6.49. The quantitative estimate of drug-likeness (QED) is 0.557. The molecule has 1 aromatic heterocycles. The molecule has 1 aliphatic heterocycles. The van der Waals surface area contributed by atoms with Crippen molar-refractivity contribution in [1.82, 2.24) is 9.97 Å². The van der Waals surface area contributed by atoms with E-state index in [0.717, 1.165) is 23.9 Å². The number of carbonyl (C=O) groups excluding carboxylic acids is 2. The Bertz CT molecular complexity index is 849. The summed E-state index contributed by atoms with van der Waals surface area (Å²) in [5.74, 6) is -2.28. The molecule has 21 heavy (non-hydrogen) atoms. The zero-order valence-electron chi connectivity index (χ0n) is 10.3. The molecule has 1 amide bonds. The lowest BCUT2D eigenvalue weighted by molar-refractivity contribution is -0.112. The van der Waals surface area contributed by atoms with Crippen molar-refractivity contribution in [3.63, 3.8) is 0 Å². The number of ketones is 1. The fourth-order valence-corrected chi connectivity index (χ4v) is 2.67. The predicted octanol–water partition coefficient (Wildman–Crippen LogP) is 0.777. The number of amides is 1. The zero-order valence-corrected chi connectivity index (χ0v) is 11.1. The van der Waals surface area contributed by atoms with E-state index in [1.165, 1.54) is 6.07 Å². The Morgan fingerprint density at radius 3 is 2.67 bits per heavy atom. The van der Waals surface area contributed by atoms with Crippen molar-refractivity contribution < 1.29 is 14.0 Å². The summed E-state index contributed by atoms with van der Waals surface area (Å²) in [7, 11) is 0. The van der Waals surface area contributed by atoms with Crippen LogP contribution in [0.15, 0.2) is 33.0 Å². The lowest BCUT2D eigenvalue weighted by Crippen LogP contribution is -2.12. The Hall–Kier alpha value is -2.68. The van der Waals surface area contributed by atoms with Crippen molar-refractivity contribution in [2.45, 2.75) is 10.1 Å². The van der Waals surface area contributed by atoms with E-state index >= 15 is 0 Å². The molecule has 0 aliphatic carbocycles. The van der Waals surface area contributed by atoms with Gasteiger partial charge in [0.2, 0.25) is 0 Å². The van der Waals surface area contributed by atoms with E-state index < -0.39 is 23.1 Å². The smallest absolute Gasteiger partial charge is 0.296 e. The molecule has 0 atom stereocenters. The number of H-pyrrole nitrogens is 1. The molecular formula is C12H7FN4O3S. The molecule has 0 fully saturated rings. The number of aromatic nitrogens is 2. The first-order valence-electron chi connectivity index (χ1n) is 5.68. The molecule has 2 heterocycles. The maximum absolute atomic E-state index is 14.0. The summed E-state index contributed by atoms with van der Waals surface area (Å²) in [6.07, 6.45) is 0. The minimum atomic E-state index is -0.804. The highest BCUT2D eigenvalue weighted by molar-refractivity contribution is 7.99. The van der Waals surface area contributed by atoms with Crippen molar-refractivity contribution >= 4 is 35.0 Å². The number of hydrogen-bond donors (Lipinski definition) is 3. The van der Waals surface area contributed by atoms with Gasteiger partial charge in [0.05, 0.1) is 16.1 Å². The Balaban J connectivity index is 2.01. The van der Waals surface area contributed by atoms with Gasteiger partial charge in [-0.3, -0.25) is 14.4 Å². The minimum absolute atomic E-state index is 0.00583. The number of nitrogens with one attached hydrogen (secondary N) is 2. The number of benzene rings is 1. The summed E-state index contributed by atoms with van der Waals surface area (Å²) in [4.78, 5) is 40.3. The zero-order chi connectivity index (χ0) is 15.1. The maximum Gasteiger partial charge on any atom is 0.296 e. The number of nitrogens with two attached hydrogens (primary N) is 1. The third-order valence-corrected chi connectivity index (χ3v) is 3.64. The van der Waals surface area contributed by atoms with Gasteiger partial charge in [-0.05, 0) is 23.9 Å². The van der Waals surface area contributed by atoms with Gasteiger partial charge in [0, 0.05) is 6.07 Å². The molecule has 106 valence electrons. The first kappa shape index (κ1) is 13.3. The average Bonchev–Trinajstić information content (AvgIpc) is 2.65. The molecule has 1 aliphatic rings. The number of aromatic amines is 1. The monoisotopic (exact) mass is 306 g/mol. The second kappa shape index (κ2) is 4.70. The topological polar surface area (TPSA) is 118 Å². The van der Waals surface area contributed by atoms with Crippen LogP contribution in [0, 0.1) is 5.82 Å². The third kappa shape index (κ3) is 2.38. The van der Waals surface area contributed by atoms with Gasteiger partial charge in [-0.15, -0.1) is 0 Å². The Labute approximate surface area is 120 Å². The lowest BCUT2D eigenvalue weighted by Gasteiger charge is -2.05. The number of hydrogen-bond acceptors (Lipinski definition) is 6. The van der Waals surface area contributed by atoms with Crippen LogP contribution in [0.2, 0.25) is 0 Å². The maximum atomic E-state index is 14.0. The minimum Gasteiger partial charge on any atom is -0.383 e. The van der Waals surface area contributed by atoms with E-state index in [2.05, 4.69) is 15.3 Å². The molecule has 2 aromatic rings. The standard InChI is InChI=1S/C12H7FN4O3S/c13-5-1-4-6(15-11(20)10(4)19)2-7(5)21-12-16-8(14)3-9(18)17-12/h1-3H,(H,15,19,20)(H3,14,16,17,18). The lowest BCUT2D eigenvalue weighted by atomic mass is 10.1. The van der Waals surface area contributed by atoms with Gasteiger partial charge in [-0.2, -0.15) is 0 Å². The Morgan fingerprint density at radius 2 is 1.95 bits per heavy atom. The number of nitrogen functional groups attached to an aromatic ring is 1. The van der Waals surface area contributed by atoms with Gasteiger partial charge < -0.3 is 16.0 Å². The van der Waals surface area contributed by atoms with Crippen LogP contribution in [-0.2, 0) is 4.79 Å². The summed E-state index contributed by atoms with van der Waals surface area (Å²) >= 11 is 0.827. The molecule has 0 unspecified atom stereocenters. The molecule has 7 nitrogen and oxygen atoms in total. The van der Waals surface area contributed by atoms with Crippen LogP contribution in [0.3, 0.4) is 0 Å². The second-order valence-corrected chi connectivity index (χ2v) is 5.22. The van der Waals surface area contributed by atoms with E-state index in [9.17, 15) is 18.8 Å². The SMILES string of the molecule is Nc1cc(=O)[nH]c(Sc2cc3c(cc2F)C(=O)C(=O)N3)n1. The summed E-state index contributed by atoms with van der Waals surface area (Å²) in [6, 6.07) is 3.38. The van der Waals surface area contributed by atoms with Crippen LogP contribution in [-0.4, -0.2) is 21.7 Å². The van der Waals surface area contributed by atoms with Gasteiger partial charge in [0.25, 0.3) is 17.2 Å². The average molecular weight is 306 g/mol. The molecule has 0 saturated heterocycles. The normalized spacial score (nSPS) is 13.2. The van der Waals surface area contributed by atoms with Crippen LogP contribution in [0.25, 0.3) is 0 Å². The van der Waals surface area contributed by atoms with Crippen LogP contribution >= 0.6 is 11.8 Å². The van der Waals surface area contributed by atoms with Crippen LogP contribution in [0.5, 0.6) is 0 Å². The molecule has 1 aromatic carbocycles. The van der Waals surface area contributed by atoms with Crippen molar-refractivity contribution in [2.24, 2.45) is 0 Å². The van der Waals surface area contributed by atoms with Crippen LogP contribution in [0.1, 0.15) is 10.4 Å². The number of rotatable bonds is 2. The number of halogens is 1. The van der Waals surface area contributed by atoms with Crippen molar-refractivity contribution in [3.05, 3.63) is 39.9 Å². The highest BCUT2D eigenvalue weighted by Crippen LogP contribution is 2.33. The van der Waals surface area contributed by atoms with E-state index in [4.69, 9.17) is 5.73 Å². The molecule has 0 saturated carbocycles. The van der Waals surface area contributed by atoms with Gasteiger partial charge in [-0.1, -0.05) is 0 Å². The van der Waals surface area contributed by atoms with Gasteiger partial charge in [-0.25, -0.2) is 9.37 Å². The van der Waals surface area contributed by atoms with Gasteiger partial charge >= 0.3 is 0 Å². The molecule has 0 spiro atoms. The first-order chi connectivity index (χ1) is 9.94. The fourth-order valence-electron chi connectivity index (χ4n) is 1.83. The van der Waals surface area contributed by atoms with E-state index in [-0.39, 0.29) is 27.1 Å². The predicted molar refractivity (Wildman–Crippen MR) is 72.8 cm³/mol. The largest absolute Gasteiger partial charge is 0.383 e. The van der Waals surface area contributed by atoms with E-state index in [0.29, 0.717) is 0 Å². The summed E-state index contributed by atoms with van der Waals surface area (Å²) < 4.78 is 14.0. The number of carbonyl (C=O) groups is 2. The Kier molecular flexibility index (Phi) is 2.98. The molecule has 0 radical (unpaired) electrons. The Morgan fingerprint density at radius 1 is 1.19 bits per heavy atom. The summed E-state index contributed by atoms with van der Waals surface area (Å²) in [5.41, 5.74) is 5.18. The highest BCUT2D eigenvalue weighted by Gasteiger charge is 2.29. The molecule has 0 bridgehead atoms. The van der Waals surface area contributed by atoms with Crippen LogP contribution < -0.4 is 16.6 Å². The molecule has 9 heteroatoms. The number of fused-ring (bicyclic) bond motifs is 1. The van der Waals surface area contributed by atoms with Crippen molar-refractivity contribution in [3.8, 4) is 0 Å². The number of nitrogens with zero attached hydrogens (tertiary/aromatic N) is 1. The van der Waals surface area contributed by atoms with Crippen molar-refractivity contribution in [2.75, 3.05) is 11.1 Å². The van der Waals surface area contributed by atoms with Crippen molar-refractivity contribution in [1.29, 1.82) is 0 Å². The third-order valence-electron chi connectivity index (χ3n) is 2.72.